The van der Waals surface area contributed by atoms with E-state index in [0.717, 1.165) is 11.1 Å². The first kappa shape index (κ1) is 21.4. The molecule has 4 N–H and O–H groups in total. The molecule has 0 spiro atoms. The second-order valence-corrected chi connectivity index (χ2v) is 5.97. The largest absolute Gasteiger partial charge is 0.405 e. The molecule has 0 heterocycles. The first-order chi connectivity index (χ1) is 12.0. The van der Waals surface area contributed by atoms with Crippen molar-refractivity contribution in [1.29, 1.82) is 0 Å². The molecule has 0 aliphatic heterocycles. The monoisotopic (exact) mass is 375 g/mol. The fourth-order valence-corrected chi connectivity index (χ4v) is 2.20. The summed E-state index contributed by atoms with van der Waals surface area (Å²) in [5.74, 6) is -1.11. The number of anilines is 1. The highest BCUT2D eigenvalue weighted by Gasteiger charge is 2.28. The van der Waals surface area contributed by atoms with Crippen molar-refractivity contribution in [2.24, 2.45) is 0 Å². The third kappa shape index (κ3) is 7.97. The van der Waals surface area contributed by atoms with Crippen LogP contribution in [0.5, 0.6) is 0 Å². The van der Waals surface area contributed by atoms with E-state index in [2.05, 4.69) is 5.32 Å². The Kier molecular flexibility index (Phi) is 7.56. The predicted octanol–water partition coefficient (Wildman–Crippen LogP) is 0.145. The smallest absolute Gasteiger partial charge is 0.329 e. The molecule has 1 aromatic rings. The van der Waals surface area contributed by atoms with Gasteiger partial charge in [-0.3, -0.25) is 14.9 Å². The van der Waals surface area contributed by atoms with Gasteiger partial charge in [0.15, 0.2) is 13.1 Å². The zero-order chi connectivity index (χ0) is 19.9. The van der Waals surface area contributed by atoms with Gasteiger partial charge in [-0.15, -0.1) is 0 Å². The van der Waals surface area contributed by atoms with E-state index in [1.165, 1.54) is 5.32 Å². The Balaban J connectivity index is 2.43. The van der Waals surface area contributed by atoms with Gasteiger partial charge in [0, 0.05) is 5.69 Å². The molecule has 0 saturated carbocycles. The maximum atomic E-state index is 12.1. The summed E-state index contributed by atoms with van der Waals surface area (Å²) < 4.78 is 35.9. The van der Waals surface area contributed by atoms with E-state index in [9.17, 15) is 27.6 Å². The van der Waals surface area contributed by atoms with Gasteiger partial charge >= 0.3 is 12.2 Å². The van der Waals surface area contributed by atoms with Crippen LogP contribution in [0.25, 0.3) is 0 Å². The van der Waals surface area contributed by atoms with Gasteiger partial charge in [0.2, 0.25) is 0 Å². The zero-order valence-electron chi connectivity index (χ0n) is 14.7. The highest BCUT2D eigenvalue weighted by Crippen LogP contribution is 2.18. The zero-order valence-corrected chi connectivity index (χ0v) is 14.7. The van der Waals surface area contributed by atoms with E-state index >= 15 is 0 Å². The summed E-state index contributed by atoms with van der Waals surface area (Å²) in [4.78, 5) is 35.4. The van der Waals surface area contributed by atoms with Crippen molar-refractivity contribution < 1.29 is 32.5 Å². The third-order valence-corrected chi connectivity index (χ3v) is 3.37. The van der Waals surface area contributed by atoms with E-state index in [4.69, 9.17) is 0 Å². The van der Waals surface area contributed by atoms with Crippen molar-refractivity contribution in [3.05, 3.63) is 29.3 Å². The molecule has 0 radical (unpaired) electrons. The summed E-state index contributed by atoms with van der Waals surface area (Å²) in [6.07, 6.45) is -4.56. The van der Waals surface area contributed by atoms with Crippen LogP contribution >= 0.6 is 0 Å². The molecular weight excluding hydrogens is 353 g/mol. The minimum absolute atomic E-state index is 0.0502. The molecule has 1 unspecified atom stereocenters. The molecule has 26 heavy (non-hydrogen) atoms. The maximum Gasteiger partial charge on any atom is 0.405 e. The molecular formula is C16H22F3N4O3+. The number of carbonyl (C=O) groups is 3. The van der Waals surface area contributed by atoms with Crippen molar-refractivity contribution in [1.82, 2.24) is 10.6 Å². The van der Waals surface area contributed by atoms with Crippen LogP contribution in [0.15, 0.2) is 18.2 Å². The topological polar surface area (TPSA) is 91.7 Å². The summed E-state index contributed by atoms with van der Waals surface area (Å²) in [7, 11) is 1.55. The van der Waals surface area contributed by atoms with Crippen molar-refractivity contribution in [3.8, 4) is 0 Å². The molecule has 1 aromatic carbocycles. The Morgan fingerprint density at radius 3 is 2.12 bits per heavy atom. The number of hydrogen-bond acceptors (Lipinski definition) is 3. The van der Waals surface area contributed by atoms with Crippen LogP contribution < -0.4 is 20.9 Å². The Morgan fingerprint density at radius 2 is 1.58 bits per heavy atom. The van der Waals surface area contributed by atoms with E-state index < -0.39 is 24.7 Å². The molecule has 144 valence electrons. The Hall–Kier alpha value is -2.62. The van der Waals surface area contributed by atoms with Crippen LogP contribution in [-0.2, 0) is 9.59 Å². The molecule has 1 rings (SSSR count). The van der Waals surface area contributed by atoms with Crippen molar-refractivity contribution >= 4 is 23.5 Å². The summed E-state index contributed by atoms with van der Waals surface area (Å²) in [6, 6.07) is 4.34. The molecule has 7 nitrogen and oxygen atoms in total. The number of hydrogen-bond donors (Lipinski definition) is 4. The SMILES string of the molecule is Cc1cccc(C)c1NC(=O)C[NH+](C)CC(=O)NC(=O)NCC(F)(F)F. The number of amides is 4. The first-order valence-electron chi connectivity index (χ1n) is 7.79. The lowest BCUT2D eigenvalue weighted by molar-refractivity contribution is -0.862. The molecule has 0 aliphatic carbocycles. The number of urea groups is 1. The number of quaternary nitrogens is 1. The van der Waals surface area contributed by atoms with Gasteiger partial charge in [-0.05, 0) is 25.0 Å². The van der Waals surface area contributed by atoms with Crippen LogP contribution in [-0.4, -0.2) is 50.7 Å². The van der Waals surface area contributed by atoms with E-state index in [-0.39, 0.29) is 19.0 Å². The quantitative estimate of drug-likeness (QED) is 0.570. The van der Waals surface area contributed by atoms with Gasteiger partial charge in [0.05, 0.1) is 7.05 Å². The second kappa shape index (κ2) is 9.18. The number of benzene rings is 1. The van der Waals surface area contributed by atoms with Crippen molar-refractivity contribution in [2.75, 3.05) is 32.0 Å². The lowest BCUT2D eigenvalue weighted by Gasteiger charge is -2.15. The van der Waals surface area contributed by atoms with Crippen LogP contribution in [0, 0.1) is 13.8 Å². The second-order valence-electron chi connectivity index (χ2n) is 5.97. The standard InChI is InChI=1S/C16H21F3N4O3/c1-10-5-4-6-11(2)14(10)21-12(24)7-23(3)8-13(25)22-15(26)20-9-16(17,18)19/h4-6H,7-9H2,1-3H3,(H,21,24)(H2,20,22,25,26)/p+1. The van der Waals surface area contributed by atoms with Gasteiger partial charge in [-0.25, -0.2) is 4.79 Å². The number of rotatable bonds is 6. The van der Waals surface area contributed by atoms with Gasteiger partial charge < -0.3 is 15.5 Å². The van der Waals surface area contributed by atoms with Crippen LogP contribution in [0.2, 0.25) is 0 Å². The number of likely N-dealkylation sites (N-methyl/N-ethyl adjacent to an activating group) is 1. The Bertz CT molecular complexity index is 657. The number of para-hydroxylation sites is 1. The van der Waals surface area contributed by atoms with E-state index in [0.29, 0.717) is 10.6 Å². The first-order valence-corrected chi connectivity index (χ1v) is 7.79. The average molecular weight is 375 g/mol. The lowest BCUT2D eigenvalue weighted by Crippen LogP contribution is -3.11. The Morgan fingerprint density at radius 1 is 1.04 bits per heavy atom. The summed E-state index contributed by atoms with van der Waals surface area (Å²) >= 11 is 0. The number of alkyl halides is 3. The maximum absolute atomic E-state index is 12.1. The summed E-state index contributed by atoms with van der Waals surface area (Å²) in [5.41, 5.74) is 2.49. The number of halogens is 3. The van der Waals surface area contributed by atoms with E-state index in [1.54, 1.807) is 12.4 Å². The van der Waals surface area contributed by atoms with Crippen molar-refractivity contribution in [3.63, 3.8) is 0 Å². The minimum Gasteiger partial charge on any atom is -0.329 e. The molecule has 0 fully saturated rings. The van der Waals surface area contributed by atoms with Gasteiger partial charge in [-0.2, -0.15) is 13.2 Å². The average Bonchev–Trinajstić information content (AvgIpc) is 2.48. The third-order valence-electron chi connectivity index (χ3n) is 3.37. The highest BCUT2D eigenvalue weighted by atomic mass is 19.4. The van der Waals surface area contributed by atoms with Gasteiger partial charge in [0.25, 0.3) is 11.8 Å². The van der Waals surface area contributed by atoms with Crippen LogP contribution in [0.4, 0.5) is 23.7 Å². The summed E-state index contributed by atoms with van der Waals surface area (Å²) in [5, 5.41) is 6.08. The molecule has 0 aliphatic rings. The van der Waals surface area contributed by atoms with Crippen LogP contribution in [0.3, 0.4) is 0 Å². The molecule has 1 atom stereocenters. The predicted molar refractivity (Wildman–Crippen MR) is 88.8 cm³/mol. The van der Waals surface area contributed by atoms with Gasteiger partial charge in [0.1, 0.15) is 6.54 Å². The molecule has 10 heteroatoms. The molecule has 4 amide bonds. The summed E-state index contributed by atoms with van der Waals surface area (Å²) in [6.45, 7) is 1.87. The lowest BCUT2D eigenvalue weighted by atomic mass is 10.1. The number of aryl methyl sites for hydroxylation is 2. The van der Waals surface area contributed by atoms with Crippen LogP contribution in [0.1, 0.15) is 11.1 Å². The van der Waals surface area contributed by atoms with Crippen molar-refractivity contribution in [2.45, 2.75) is 20.0 Å². The number of nitrogens with one attached hydrogen (secondary N) is 4. The Labute approximate surface area is 148 Å². The number of imide groups is 1. The van der Waals surface area contributed by atoms with Gasteiger partial charge in [-0.1, -0.05) is 18.2 Å². The molecule has 0 aromatic heterocycles. The minimum atomic E-state index is -4.56. The normalized spacial score (nSPS) is 12.2. The highest BCUT2D eigenvalue weighted by molar-refractivity contribution is 5.95. The fourth-order valence-electron chi connectivity index (χ4n) is 2.20. The number of carbonyl (C=O) groups excluding carboxylic acids is 3. The fraction of sp³-hybridized carbons (Fsp3) is 0.438. The molecule has 0 saturated heterocycles. The molecule has 0 bridgehead atoms. The van der Waals surface area contributed by atoms with E-state index in [1.807, 2.05) is 32.0 Å².